The smallest absolute Gasteiger partial charge is 0.257 e. The predicted molar refractivity (Wildman–Crippen MR) is 75.5 cm³/mol. The Morgan fingerprint density at radius 2 is 2.16 bits per heavy atom. The molecule has 5 heteroatoms. The molecule has 1 rings (SSSR count). The molecule has 19 heavy (non-hydrogen) atoms. The Bertz CT molecular complexity index is 421. The van der Waals surface area contributed by atoms with E-state index in [4.69, 9.17) is 15.2 Å². The third-order valence-corrected chi connectivity index (χ3v) is 2.75. The molecule has 0 aliphatic carbocycles. The van der Waals surface area contributed by atoms with Crippen LogP contribution in [0.3, 0.4) is 0 Å². The van der Waals surface area contributed by atoms with Crippen LogP contribution < -0.4 is 10.5 Å². The molecule has 0 aliphatic rings. The summed E-state index contributed by atoms with van der Waals surface area (Å²) in [5.41, 5.74) is 6.84. The highest BCUT2D eigenvalue weighted by Crippen LogP contribution is 2.27. The van der Waals surface area contributed by atoms with E-state index in [-0.39, 0.29) is 5.91 Å². The van der Waals surface area contributed by atoms with Gasteiger partial charge in [0.2, 0.25) is 0 Å². The molecule has 0 saturated heterocycles. The Balaban J connectivity index is 2.83. The SMILES string of the molecule is CCOc1c(N)cccc1C(=O)N(C)CCCOC. The van der Waals surface area contributed by atoms with Crippen molar-refractivity contribution in [3.8, 4) is 5.75 Å². The molecule has 0 saturated carbocycles. The molecule has 2 N–H and O–H groups in total. The van der Waals surface area contributed by atoms with Gasteiger partial charge < -0.3 is 20.1 Å². The van der Waals surface area contributed by atoms with E-state index >= 15 is 0 Å². The van der Waals surface area contributed by atoms with Crippen molar-refractivity contribution in [2.75, 3.05) is 39.6 Å². The van der Waals surface area contributed by atoms with Gasteiger partial charge in [0, 0.05) is 27.3 Å². The van der Waals surface area contributed by atoms with Crippen LogP contribution in [-0.2, 0) is 4.74 Å². The fourth-order valence-corrected chi connectivity index (χ4v) is 1.78. The molecular weight excluding hydrogens is 244 g/mol. The first kappa shape index (κ1) is 15.3. The Hall–Kier alpha value is -1.75. The largest absolute Gasteiger partial charge is 0.491 e. The number of carbonyl (C=O) groups excluding carboxylic acids is 1. The molecule has 0 radical (unpaired) electrons. The van der Waals surface area contributed by atoms with E-state index in [9.17, 15) is 4.79 Å². The van der Waals surface area contributed by atoms with E-state index in [2.05, 4.69) is 0 Å². The number of ether oxygens (including phenoxy) is 2. The number of methoxy groups -OCH3 is 1. The second kappa shape index (κ2) is 7.63. The topological polar surface area (TPSA) is 64.8 Å². The Morgan fingerprint density at radius 3 is 2.79 bits per heavy atom. The standard InChI is InChI=1S/C14H22N2O3/c1-4-19-13-11(7-5-8-12(13)15)14(17)16(2)9-6-10-18-3/h5,7-8H,4,6,9-10,15H2,1-3H3. The minimum atomic E-state index is -0.0909. The molecule has 0 heterocycles. The summed E-state index contributed by atoms with van der Waals surface area (Å²) in [6, 6.07) is 5.22. The molecular formula is C14H22N2O3. The Morgan fingerprint density at radius 1 is 1.42 bits per heavy atom. The van der Waals surface area contributed by atoms with Gasteiger partial charge in [-0.25, -0.2) is 0 Å². The Labute approximate surface area is 114 Å². The number of nitrogens with zero attached hydrogens (tertiary/aromatic N) is 1. The average molecular weight is 266 g/mol. The molecule has 0 atom stereocenters. The lowest BCUT2D eigenvalue weighted by Gasteiger charge is -2.19. The van der Waals surface area contributed by atoms with Gasteiger partial charge in [0.15, 0.2) is 5.75 Å². The van der Waals surface area contributed by atoms with Crippen molar-refractivity contribution < 1.29 is 14.3 Å². The van der Waals surface area contributed by atoms with Crippen molar-refractivity contribution >= 4 is 11.6 Å². The van der Waals surface area contributed by atoms with Crippen molar-refractivity contribution in [2.24, 2.45) is 0 Å². The first-order chi connectivity index (χ1) is 9.11. The summed E-state index contributed by atoms with van der Waals surface area (Å²) in [4.78, 5) is 14.0. The molecule has 0 bridgehead atoms. The molecule has 106 valence electrons. The molecule has 0 fully saturated rings. The molecule has 1 aromatic rings. The number of anilines is 1. The Kier molecular flexibility index (Phi) is 6.15. The lowest BCUT2D eigenvalue weighted by atomic mass is 10.1. The maximum atomic E-state index is 12.3. The number of hydrogen-bond acceptors (Lipinski definition) is 4. The van der Waals surface area contributed by atoms with Crippen LogP contribution in [0.25, 0.3) is 0 Å². The van der Waals surface area contributed by atoms with Crippen LogP contribution in [0.5, 0.6) is 5.75 Å². The van der Waals surface area contributed by atoms with Crippen LogP contribution in [0.1, 0.15) is 23.7 Å². The quantitative estimate of drug-likeness (QED) is 0.603. The van der Waals surface area contributed by atoms with Gasteiger partial charge in [-0.1, -0.05) is 6.07 Å². The van der Waals surface area contributed by atoms with E-state index in [1.807, 2.05) is 6.92 Å². The van der Waals surface area contributed by atoms with E-state index in [1.54, 1.807) is 37.3 Å². The first-order valence-corrected chi connectivity index (χ1v) is 6.37. The maximum Gasteiger partial charge on any atom is 0.257 e. The molecule has 0 aromatic heterocycles. The van der Waals surface area contributed by atoms with Crippen molar-refractivity contribution in [3.63, 3.8) is 0 Å². The van der Waals surface area contributed by atoms with Crippen LogP contribution in [0.15, 0.2) is 18.2 Å². The monoisotopic (exact) mass is 266 g/mol. The van der Waals surface area contributed by atoms with Crippen LogP contribution >= 0.6 is 0 Å². The van der Waals surface area contributed by atoms with Gasteiger partial charge in [0.05, 0.1) is 17.9 Å². The van der Waals surface area contributed by atoms with Gasteiger partial charge in [-0.2, -0.15) is 0 Å². The highest BCUT2D eigenvalue weighted by Gasteiger charge is 2.18. The number of benzene rings is 1. The zero-order chi connectivity index (χ0) is 14.3. The maximum absolute atomic E-state index is 12.3. The average Bonchev–Trinajstić information content (AvgIpc) is 2.40. The lowest BCUT2D eigenvalue weighted by Crippen LogP contribution is -2.29. The molecule has 0 unspecified atom stereocenters. The summed E-state index contributed by atoms with van der Waals surface area (Å²) in [5, 5.41) is 0. The van der Waals surface area contributed by atoms with Crippen molar-refractivity contribution in [3.05, 3.63) is 23.8 Å². The van der Waals surface area contributed by atoms with Crippen LogP contribution in [0.4, 0.5) is 5.69 Å². The number of para-hydroxylation sites is 1. The molecule has 1 amide bonds. The van der Waals surface area contributed by atoms with Gasteiger partial charge in [0.1, 0.15) is 0 Å². The minimum absolute atomic E-state index is 0.0909. The van der Waals surface area contributed by atoms with E-state index < -0.39 is 0 Å². The summed E-state index contributed by atoms with van der Waals surface area (Å²) >= 11 is 0. The van der Waals surface area contributed by atoms with Gasteiger partial charge in [-0.3, -0.25) is 4.79 Å². The minimum Gasteiger partial charge on any atom is -0.491 e. The fourth-order valence-electron chi connectivity index (χ4n) is 1.78. The summed E-state index contributed by atoms with van der Waals surface area (Å²) < 4.78 is 10.4. The number of nitrogens with two attached hydrogens (primary N) is 1. The molecule has 0 aliphatic heterocycles. The second-order valence-electron chi connectivity index (χ2n) is 4.23. The number of amides is 1. The van der Waals surface area contributed by atoms with Crippen molar-refractivity contribution in [1.29, 1.82) is 0 Å². The van der Waals surface area contributed by atoms with Gasteiger partial charge in [-0.05, 0) is 25.5 Å². The fraction of sp³-hybridized carbons (Fsp3) is 0.500. The van der Waals surface area contributed by atoms with Crippen molar-refractivity contribution in [2.45, 2.75) is 13.3 Å². The van der Waals surface area contributed by atoms with Crippen LogP contribution in [0.2, 0.25) is 0 Å². The molecule has 5 nitrogen and oxygen atoms in total. The lowest BCUT2D eigenvalue weighted by molar-refractivity contribution is 0.0775. The zero-order valence-electron chi connectivity index (χ0n) is 11.8. The second-order valence-corrected chi connectivity index (χ2v) is 4.23. The van der Waals surface area contributed by atoms with E-state index in [0.717, 1.165) is 6.42 Å². The summed E-state index contributed by atoms with van der Waals surface area (Å²) in [7, 11) is 3.41. The van der Waals surface area contributed by atoms with Crippen LogP contribution in [0, 0.1) is 0 Å². The highest BCUT2D eigenvalue weighted by atomic mass is 16.5. The normalized spacial score (nSPS) is 10.3. The third kappa shape index (κ3) is 4.13. The van der Waals surface area contributed by atoms with E-state index in [0.29, 0.717) is 36.8 Å². The summed E-state index contributed by atoms with van der Waals surface area (Å²) in [6.45, 7) is 3.60. The number of rotatable bonds is 7. The summed E-state index contributed by atoms with van der Waals surface area (Å²) in [6.07, 6.45) is 0.797. The highest BCUT2D eigenvalue weighted by molar-refractivity contribution is 5.98. The number of hydrogen-bond donors (Lipinski definition) is 1. The zero-order valence-corrected chi connectivity index (χ0v) is 11.8. The predicted octanol–water partition coefficient (Wildman–Crippen LogP) is 1.78. The van der Waals surface area contributed by atoms with Gasteiger partial charge in [-0.15, -0.1) is 0 Å². The third-order valence-electron chi connectivity index (χ3n) is 2.75. The molecule has 1 aromatic carbocycles. The first-order valence-electron chi connectivity index (χ1n) is 6.37. The van der Waals surface area contributed by atoms with E-state index in [1.165, 1.54) is 0 Å². The van der Waals surface area contributed by atoms with Crippen LogP contribution in [-0.4, -0.2) is 44.7 Å². The number of nitrogen functional groups attached to an aromatic ring is 1. The summed E-state index contributed by atoms with van der Waals surface area (Å²) in [5.74, 6) is 0.375. The van der Waals surface area contributed by atoms with Gasteiger partial charge in [0.25, 0.3) is 5.91 Å². The van der Waals surface area contributed by atoms with Crippen molar-refractivity contribution in [1.82, 2.24) is 4.90 Å². The number of carbonyl (C=O) groups is 1. The van der Waals surface area contributed by atoms with Gasteiger partial charge >= 0.3 is 0 Å². The molecule has 0 spiro atoms.